The van der Waals surface area contributed by atoms with E-state index in [4.69, 9.17) is 11.2 Å². The van der Waals surface area contributed by atoms with Crippen molar-refractivity contribution in [1.82, 2.24) is 0 Å². The summed E-state index contributed by atoms with van der Waals surface area (Å²) in [7, 11) is 0. The lowest BCUT2D eigenvalue weighted by Crippen LogP contribution is -2.27. The molecule has 2 atom stereocenters. The maximum atomic E-state index is 5.86. The van der Waals surface area contributed by atoms with Gasteiger partial charge in [0.1, 0.15) is 6.10 Å². The van der Waals surface area contributed by atoms with Gasteiger partial charge < -0.3 is 4.74 Å². The molecule has 0 saturated carbocycles. The van der Waals surface area contributed by atoms with Crippen LogP contribution in [0.2, 0.25) is 0 Å². The first kappa shape index (κ1) is 10.8. The first-order chi connectivity index (χ1) is 7.38. The molecular formula is C14H20O. The van der Waals surface area contributed by atoms with Crippen molar-refractivity contribution in [2.75, 3.05) is 0 Å². The summed E-state index contributed by atoms with van der Waals surface area (Å²) in [4.78, 5) is 0. The van der Waals surface area contributed by atoms with Crippen LogP contribution in [0.4, 0.5) is 0 Å². The molecule has 1 fully saturated rings. The highest BCUT2D eigenvalue weighted by atomic mass is 16.5. The number of ether oxygens (including phenoxy) is 1. The zero-order chi connectivity index (χ0) is 10.5. The molecule has 0 amide bonds. The van der Waals surface area contributed by atoms with Gasteiger partial charge in [0.25, 0.3) is 0 Å². The second-order valence-electron chi connectivity index (χ2n) is 4.66. The van der Waals surface area contributed by atoms with E-state index in [-0.39, 0.29) is 6.10 Å². The van der Waals surface area contributed by atoms with Crippen LogP contribution < -0.4 is 0 Å². The summed E-state index contributed by atoms with van der Waals surface area (Å²) in [5.41, 5.74) is 1.60. The van der Waals surface area contributed by atoms with Crippen LogP contribution >= 0.6 is 0 Å². The molecule has 1 heteroatoms. The molecule has 82 valence electrons. The van der Waals surface area contributed by atoms with Crippen LogP contribution in [0, 0.1) is 12.3 Å². The highest BCUT2D eigenvalue weighted by molar-refractivity contribution is 5.07. The first-order valence-electron chi connectivity index (χ1n) is 6.18. The summed E-state index contributed by atoms with van der Waals surface area (Å²) in [6, 6.07) is 0. The van der Waals surface area contributed by atoms with Gasteiger partial charge in [0.15, 0.2) is 0 Å². The third-order valence-electron chi connectivity index (χ3n) is 3.41. The average molecular weight is 204 g/mol. The molecule has 0 spiro atoms. The van der Waals surface area contributed by atoms with E-state index >= 15 is 0 Å². The third kappa shape index (κ3) is 3.11. The summed E-state index contributed by atoms with van der Waals surface area (Å²) < 4.78 is 5.86. The van der Waals surface area contributed by atoms with Crippen LogP contribution in [-0.2, 0) is 4.74 Å². The quantitative estimate of drug-likeness (QED) is 0.494. The Morgan fingerprint density at radius 2 is 2.27 bits per heavy atom. The van der Waals surface area contributed by atoms with Crippen LogP contribution in [0.15, 0.2) is 11.6 Å². The standard InChI is InChI=1S/C14H20O/c1-2-13-9-6-10-14(15-13)11-12-7-4-3-5-8-12/h1,7,13-14H,3-6,8-11H2. The zero-order valence-electron chi connectivity index (χ0n) is 9.37. The SMILES string of the molecule is C#CC1CCCC(CC2=CCCCC2)O1. The van der Waals surface area contributed by atoms with E-state index in [1.54, 1.807) is 5.57 Å². The van der Waals surface area contributed by atoms with Crippen molar-refractivity contribution in [3.05, 3.63) is 11.6 Å². The molecule has 1 heterocycles. The lowest BCUT2D eigenvalue weighted by molar-refractivity contribution is -0.0198. The van der Waals surface area contributed by atoms with E-state index < -0.39 is 0 Å². The highest BCUT2D eigenvalue weighted by Gasteiger charge is 2.21. The zero-order valence-corrected chi connectivity index (χ0v) is 9.37. The van der Waals surface area contributed by atoms with Crippen molar-refractivity contribution < 1.29 is 4.74 Å². The Hall–Kier alpha value is -0.740. The van der Waals surface area contributed by atoms with Gasteiger partial charge in [0, 0.05) is 0 Å². The maximum Gasteiger partial charge on any atom is 0.118 e. The molecule has 1 saturated heterocycles. The molecule has 0 aromatic carbocycles. The first-order valence-corrected chi connectivity index (χ1v) is 6.18. The van der Waals surface area contributed by atoms with Crippen molar-refractivity contribution in [2.24, 2.45) is 0 Å². The molecule has 2 unspecified atom stereocenters. The lowest BCUT2D eigenvalue weighted by Gasteiger charge is -2.28. The van der Waals surface area contributed by atoms with Gasteiger partial charge >= 0.3 is 0 Å². The summed E-state index contributed by atoms with van der Waals surface area (Å²) in [5, 5.41) is 0. The fourth-order valence-corrected chi connectivity index (χ4v) is 2.55. The molecule has 1 nitrogen and oxygen atoms in total. The van der Waals surface area contributed by atoms with Crippen molar-refractivity contribution in [3.8, 4) is 12.3 Å². The Morgan fingerprint density at radius 1 is 1.33 bits per heavy atom. The van der Waals surface area contributed by atoms with Gasteiger partial charge in [-0.3, -0.25) is 0 Å². The van der Waals surface area contributed by atoms with Crippen LogP contribution in [-0.4, -0.2) is 12.2 Å². The molecule has 0 bridgehead atoms. The topological polar surface area (TPSA) is 9.23 Å². The van der Waals surface area contributed by atoms with E-state index in [0.29, 0.717) is 6.10 Å². The number of hydrogen-bond acceptors (Lipinski definition) is 1. The minimum atomic E-state index is 0.0768. The third-order valence-corrected chi connectivity index (χ3v) is 3.41. The average Bonchev–Trinajstić information content (AvgIpc) is 2.31. The normalized spacial score (nSPS) is 31.8. The molecule has 2 aliphatic rings. The van der Waals surface area contributed by atoms with Crippen LogP contribution in [0.1, 0.15) is 51.4 Å². The lowest BCUT2D eigenvalue weighted by atomic mass is 9.92. The predicted octanol–water partition coefficient (Wildman–Crippen LogP) is 3.45. The molecule has 0 aromatic rings. The Balaban J connectivity index is 1.83. The van der Waals surface area contributed by atoms with E-state index in [1.807, 2.05) is 0 Å². The van der Waals surface area contributed by atoms with Gasteiger partial charge in [-0.1, -0.05) is 17.6 Å². The molecule has 15 heavy (non-hydrogen) atoms. The molecule has 0 radical (unpaired) electrons. The monoisotopic (exact) mass is 204 g/mol. The number of terminal acetylenes is 1. The molecule has 0 N–H and O–H groups in total. The summed E-state index contributed by atoms with van der Waals surface area (Å²) in [5.74, 6) is 2.73. The molecule has 2 rings (SSSR count). The van der Waals surface area contributed by atoms with E-state index in [1.165, 1.54) is 38.5 Å². The predicted molar refractivity (Wildman–Crippen MR) is 62.5 cm³/mol. The number of hydrogen-bond donors (Lipinski definition) is 0. The molecule has 1 aliphatic heterocycles. The van der Waals surface area contributed by atoms with Crippen molar-refractivity contribution in [3.63, 3.8) is 0 Å². The molecule has 1 aliphatic carbocycles. The summed E-state index contributed by atoms with van der Waals surface area (Å²) in [6.45, 7) is 0. The Labute approximate surface area is 92.9 Å². The van der Waals surface area contributed by atoms with Gasteiger partial charge in [-0.2, -0.15) is 0 Å². The van der Waals surface area contributed by atoms with Gasteiger partial charge in [-0.05, 0) is 51.4 Å². The van der Waals surface area contributed by atoms with Gasteiger partial charge in [-0.25, -0.2) is 0 Å². The second kappa shape index (κ2) is 5.37. The largest absolute Gasteiger partial charge is 0.362 e. The van der Waals surface area contributed by atoms with E-state index in [2.05, 4.69) is 12.0 Å². The Kier molecular flexibility index (Phi) is 3.86. The fourth-order valence-electron chi connectivity index (χ4n) is 2.55. The van der Waals surface area contributed by atoms with Crippen molar-refractivity contribution in [2.45, 2.75) is 63.6 Å². The van der Waals surface area contributed by atoms with Gasteiger partial charge in [-0.15, -0.1) is 6.42 Å². The van der Waals surface area contributed by atoms with Gasteiger partial charge in [0.2, 0.25) is 0 Å². The summed E-state index contributed by atoms with van der Waals surface area (Å²) >= 11 is 0. The molecular weight excluding hydrogens is 184 g/mol. The van der Waals surface area contributed by atoms with Crippen LogP contribution in [0.5, 0.6) is 0 Å². The number of allylic oxidation sites excluding steroid dienone is 1. The maximum absolute atomic E-state index is 5.86. The summed E-state index contributed by atoms with van der Waals surface area (Å²) in [6.07, 6.45) is 18.1. The minimum Gasteiger partial charge on any atom is -0.362 e. The number of rotatable bonds is 2. The van der Waals surface area contributed by atoms with Gasteiger partial charge in [0.05, 0.1) is 6.10 Å². The van der Waals surface area contributed by atoms with Crippen molar-refractivity contribution >= 4 is 0 Å². The van der Waals surface area contributed by atoms with Crippen molar-refractivity contribution in [1.29, 1.82) is 0 Å². The van der Waals surface area contributed by atoms with Crippen LogP contribution in [0.25, 0.3) is 0 Å². The highest BCUT2D eigenvalue weighted by Crippen LogP contribution is 2.27. The van der Waals surface area contributed by atoms with E-state index in [9.17, 15) is 0 Å². The fraction of sp³-hybridized carbons (Fsp3) is 0.714. The minimum absolute atomic E-state index is 0.0768. The Morgan fingerprint density at radius 3 is 3.00 bits per heavy atom. The molecule has 0 aromatic heterocycles. The van der Waals surface area contributed by atoms with Crippen LogP contribution in [0.3, 0.4) is 0 Å². The smallest absolute Gasteiger partial charge is 0.118 e. The second-order valence-corrected chi connectivity index (χ2v) is 4.66. The Bertz CT molecular complexity index is 272. The van der Waals surface area contributed by atoms with E-state index in [0.717, 1.165) is 12.8 Å².